The van der Waals surface area contributed by atoms with Crippen LogP contribution in [0.1, 0.15) is 290 Å². The van der Waals surface area contributed by atoms with Gasteiger partial charge in [-0.3, -0.25) is 9.59 Å². The van der Waals surface area contributed by atoms with Gasteiger partial charge in [0.15, 0.2) is 12.4 Å². The molecule has 1 rings (SSSR count). The summed E-state index contributed by atoms with van der Waals surface area (Å²) in [6.45, 7) is 5.57. The number of carbonyl (C=O) groups is 2. The number of hydrogen-bond acceptors (Lipinski definition) is 10. The SMILES string of the molecule is CC/C=C\C/C=C\C/C=C\C/C=C\C/C=C\C/C=C\CCCCCCCCCCC(=O)OC1C(OCC(NC(=O)C(O)CCCCCCCCC/C=C\C/C=C\C/C=C\C/C=C\C/C=C\C/C=C\CC)C(O)/C=C/CCCCCCCCCCCC)OC(CO)C(O)C1O. The molecule has 1 aliphatic heterocycles. The molecule has 0 aromatic heterocycles. The molecule has 1 fully saturated rings. The standard InChI is InChI=1S/C83H137NO10/c1-4-7-10-13-16-19-22-25-27-29-31-33-35-37-39-41-43-45-47-49-51-53-56-59-62-65-68-71-78(88)94-81-80(90)79(89)77(72-85)93-83(81)92-73-74(75(86)69-66-63-60-57-54-24-21-18-15-12-9-6-3)84-82(91)76(87)70-67-64-61-58-55-52-50-48-46-44-42-40-38-36-34-32-30-28-26-23-20-17-14-11-8-5-2/h7-8,10-11,16-17,19-20,25-28,31-34,37-40,43-46,66,69,74-77,79-81,83,85-87,89-90H,4-6,9,12-15,18,21-24,29-30,35-36,41-42,47-65,67-68,70-73H2,1-3H3,(H,84,91)/b10-7-,11-8-,19-16-,20-17-,27-25-,28-26-,33-31-,34-32-,39-37-,40-38-,45-43-,46-44-,69-66+. The number of rotatable bonds is 63. The van der Waals surface area contributed by atoms with Crippen molar-refractivity contribution in [2.75, 3.05) is 13.2 Å². The molecule has 0 saturated carbocycles. The minimum Gasteiger partial charge on any atom is -0.454 e. The smallest absolute Gasteiger partial charge is 0.306 e. The number of aliphatic hydroxyl groups is 5. The van der Waals surface area contributed by atoms with Gasteiger partial charge in [-0.05, 0) is 128 Å². The summed E-state index contributed by atoms with van der Waals surface area (Å²) in [6, 6.07) is -1.04. The summed E-state index contributed by atoms with van der Waals surface area (Å²) >= 11 is 0. The largest absolute Gasteiger partial charge is 0.454 e. The van der Waals surface area contributed by atoms with Crippen molar-refractivity contribution >= 4 is 11.9 Å². The summed E-state index contributed by atoms with van der Waals surface area (Å²) in [5, 5.41) is 57.4. The number of allylic oxidation sites excluding steroid dienone is 25. The van der Waals surface area contributed by atoms with E-state index in [-0.39, 0.29) is 19.4 Å². The molecule has 1 heterocycles. The number of esters is 1. The van der Waals surface area contributed by atoms with Gasteiger partial charge in [0.1, 0.15) is 24.4 Å². The molecule has 1 saturated heterocycles. The van der Waals surface area contributed by atoms with Gasteiger partial charge in [0.2, 0.25) is 5.91 Å². The van der Waals surface area contributed by atoms with Crippen molar-refractivity contribution in [3.63, 3.8) is 0 Å². The fourth-order valence-corrected chi connectivity index (χ4v) is 10.8. The Morgan fingerprint density at radius 2 is 0.766 bits per heavy atom. The molecular formula is C83H137NO10. The van der Waals surface area contributed by atoms with Gasteiger partial charge >= 0.3 is 5.97 Å². The van der Waals surface area contributed by atoms with Crippen molar-refractivity contribution in [3.05, 3.63) is 158 Å². The Balaban J connectivity index is 2.56. The van der Waals surface area contributed by atoms with Crippen LogP contribution in [-0.2, 0) is 23.8 Å². The Morgan fingerprint density at radius 3 is 1.15 bits per heavy atom. The second-order valence-corrected chi connectivity index (χ2v) is 25.3. The maximum absolute atomic E-state index is 13.5. The molecule has 8 atom stereocenters. The topological polar surface area (TPSA) is 175 Å². The third-order valence-corrected chi connectivity index (χ3v) is 16.7. The van der Waals surface area contributed by atoms with E-state index >= 15 is 0 Å². The first-order chi connectivity index (χ1) is 46.2. The third kappa shape index (κ3) is 54.4. The first-order valence-electron chi connectivity index (χ1n) is 37.8. The van der Waals surface area contributed by atoms with Crippen LogP contribution in [-0.4, -0.2) is 99.6 Å². The van der Waals surface area contributed by atoms with Crippen molar-refractivity contribution in [2.45, 2.75) is 339 Å². The van der Waals surface area contributed by atoms with Crippen LogP contribution in [0.2, 0.25) is 0 Å². The molecule has 8 unspecified atom stereocenters. The normalized spacial score (nSPS) is 18.7. The highest BCUT2D eigenvalue weighted by Crippen LogP contribution is 2.26. The summed E-state index contributed by atoms with van der Waals surface area (Å²) < 4.78 is 17.7. The molecule has 1 aliphatic rings. The number of amides is 1. The molecule has 0 spiro atoms. The Labute approximate surface area is 574 Å². The Hall–Kier alpha value is -4.72. The van der Waals surface area contributed by atoms with Gasteiger partial charge in [-0.1, -0.05) is 314 Å². The predicted molar refractivity (Wildman–Crippen MR) is 397 cm³/mol. The van der Waals surface area contributed by atoms with E-state index in [4.69, 9.17) is 14.2 Å². The molecule has 0 radical (unpaired) electrons. The monoisotopic (exact) mass is 1310 g/mol. The van der Waals surface area contributed by atoms with Crippen LogP contribution in [0.3, 0.4) is 0 Å². The molecule has 94 heavy (non-hydrogen) atoms. The molecule has 11 heteroatoms. The fourth-order valence-electron chi connectivity index (χ4n) is 10.8. The minimum absolute atomic E-state index is 0.103. The van der Waals surface area contributed by atoms with E-state index in [0.717, 1.165) is 173 Å². The van der Waals surface area contributed by atoms with Gasteiger partial charge in [0.05, 0.1) is 25.4 Å². The number of unbranched alkanes of at least 4 members (excludes halogenated alkanes) is 25. The highest BCUT2D eigenvalue weighted by molar-refractivity contribution is 5.80. The fraction of sp³-hybridized carbons (Fsp3) is 0.663. The second kappa shape index (κ2) is 68.2. The average Bonchev–Trinajstić information content (AvgIpc) is 0.814. The lowest BCUT2D eigenvalue weighted by Gasteiger charge is -2.41. The molecule has 6 N–H and O–H groups in total. The van der Waals surface area contributed by atoms with Crippen LogP contribution in [0.5, 0.6) is 0 Å². The van der Waals surface area contributed by atoms with Gasteiger partial charge in [0, 0.05) is 6.42 Å². The van der Waals surface area contributed by atoms with Crippen LogP contribution < -0.4 is 5.32 Å². The first kappa shape index (κ1) is 87.3. The number of aliphatic hydroxyl groups excluding tert-OH is 5. The zero-order chi connectivity index (χ0) is 68.1. The second-order valence-electron chi connectivity index (χ2n) is 25.3. The highest BCUT2D eigenvalue weighted by Gasteiger charge is 2.47. The van der Waals surface area contributed by atoms with E-state index in [1.165, 1.54) is 70.6 Å². The number of carbonyl (C=O) groups excluding carboxylic acids is 2. The van der Waals surface area contributed by atoms with Gasteiger partial charge in [-0.25, -0.2) is 0 Å². The minimum atomic E-state index is -1.63. The summed E-state index contributed by atoms with van der Waals surface area (Å²) in [5.74, 6) is -1.22. The van der Waals surface area contributed by atoms with Gasteiger partial charge < -0.3 is 45.1 Å². The first-order valence-corrected chi connectivity index (χ1v) is 37.8. The number of ether oxygens (including phenoxy) is 3. The van der Waals surface area contributed by atoms with Crippen molar-refractivity contribution in [3.8, 4) is 0 Å². The van der Waals surface area contributed by atoms with E-state index in [2.05, 4.69) is 172 Å². The van der Waals surface area contributed by atoms with Crippen LogP contribution in [0.4, 0.5) is 0 Å². The van der Waals surface area contributed by atoms with E-state index in [1.807, 2.05) is 6.08 Å². The quantitative estimate of drug-likeness (QED) is 0.0195. The summed E-state index contributed by atoms with van der Waals surface area (Å²) in [6.07, 6.45) is 89.9. The van der Waals surface area contributed by atoms with Crippen LogP contribution in [0.15, 0.2) is 158 Å². The average molecular weight is 1310 g/mol. The molecule has 534 valence electrons. The van der Waals surface area contributed by atoms with E-state index in [1.54, 1.807) is 6.08 Å². The zero-order valence-electron chi connectivity index (χ0n) is 59.5. The molecule has 0 aromatic carbocycles. The van der Waals surface area contributed by atoms with Crippen LogP contribution in [0, 0.1) is 0 Å². The Kier molecular flexibility index (Phi) is 63.4. The summed E-state index contributed by atoms with van der Waals surface area (Å²) in [7, 11) is 0. The lowest BCUT2D eigenvalue weighted by Crippen LogP contribution is -2.61. The van der Waals surface area contributed by atoms with Crippen molar-refractivity contribution in [1.82, 2.24) is 5.32 Å². The molecule has 1 amide bonds. The van der Waals surface area contributed by atoms with Gasteiger partial charge in [-0.15, -0.1) is 0 Å². The van der Waals surface area contributed by atoms with E-state index < -0.39 is 67.4 Å². The van der Waals surface area contributed by atoms with E-state index in [9.17, 15) is 35.1 Å². The van der Waals surface area contributed by atoms with Crippen LogP contribution >= 0.6 is 0 Å². The Morgan fingerprint density at radius 1 is 0.426 bits per heavy atom. The van der Waals surface area contributed by atoms with Crippen molar-refractivity contribution < 1.29 is 49.3 Å². The summed E-state index contributed by atoms with van der Waals surface area (Å²) in [4.78, 5) is 26.8. The maximum atomic E-state index is 13.5. The maximum Gasteiger partial charge on any atom is 0.306 e. The van der Waals surface area contributed by atoms with Gasteiger partial charge in [0.25, 0.3) is 0 Å². The highest BCUT2D eigenvalue weighted by atomic mass is 16.7. The molecule has 0 aromatic rings. The lowest BCUT2D eigenvalue weighted by molar-refractivity contribution is -0.305. The van der Waals surface area contributed by atoms with Gasteiger partial charge in [-0.2, -0.15) is 0 Å². The lowest BCUT2D eigenvalue weighted by atomic mass is 9.99. The van der Waals surface area contributed by atoms with Crippen LogP contribution in [0.25, 0.3) is 0 Å². The Bertz CT molecular complexity index is 2150. The number of nitrogens with one attached hydrogen (secondary N) is 1. The molecule has 0 aliphatic carbocycles. The van der Waals surface area contributed by atoms with E-state index in [0.29, 0.717) is 12.8 Å². The molecule has 0 bridgehead atoms. The zero-order valence-corrected chi connectivity index (χ0v) is 59.5. The molecule has 11 nitrogen and oxygen atoms in total. The van der Waals surface area contributed by atoms with Crippen molar-refractivity contribution in [1.29, 1.82) is 0 Å². The third-order valence-electron chi connectivity index (χ3n) is 16.7. The van der Waals surface area contributed by atoms with Crippen molar-refractivity contribution in [2.24, 2.45) is 0 Å². The number of hydrogen-bond donors (Lipinski definition) is 6. The summed E-state index contributed by atoms with van der Waals surface area (Å²) in [5.41, 5.74) is 0. The predicted octanol–water partition coefficient (Wildman–Crippen LogP) is 20.2. The molecular weight excluding hydrogens is 1170 g/mol.